The fourth-order valence-electron chi connectivity index (χ4n) is 4.68. The van der Waals surface area contributed by atoms with Crippen LogP contribution in [0.25, 0.3) is 0 Å². The van der Waals surface area contributed by atoms with Gasteiger partial charge in [0, 0.05) is 0 Å². The summed E-state index contributed by atoms with van der Waals surface area (Å²) in [6, 6.07) is 19.7. The van der Waals surface area contributed by atoms with E-state index >= 15 is 0 Å². The van der Waals surface area contributed by atoms with Gasteiger partial charge in [-0.3, -0.25) is 0 Å². The summed E-state index contributed by atoms with van der Waals surface area (Å²) >= 11 is -0.0559. The standard InChI is InChI=1S/C31H32O3Se/c1-21-7-6-8-23(17-21)20-34-27-19-25(18-26-28(27)31(4,5)15-14-30(26,2)3)35-16-13-22-9-11-24(12-10-22)29(32)33/h6-12,17-19H,14-15,20H2,1-5H3,(H,32,33). The van der Waals surface area contributed by atoms with Gasteiger partial charge >= 0.3 is 215 Å². The van der Waals surface area contributed by atoms with Crippen molar-refractivity contribution in [1.29, 1.82) is 0 Å². The molecule has 1 aliphatic rings. The van der Waals surface area contributed by atoms with Gasteiger partial charge in [-0.2, -0.15) is 0 Å². The zero-order chi connectivity index (χ0) is 25.2. The second-order valence-corrected chi connectivity index (χ2v) is 12.4. The molecule has 0 unspecified atom stereocenters. The monoisotopic (exact) mass is 532 g/mol. The van der Waals surface area contributed by atoms with Crippen LogP contribution < -0.4 is 9.20 Å². The number of aromatic carboxylic acids is 1. The number of carbonyl (C=O) groups is 1. The Kier molecular flexibility index (Phi) is 7.13. The minimum absolute atomic E-state index is 0.0515. The molecule has 1 N–H and O–H groups in total. The molecule has 0 spiro atoms. The first-order valence-corrected chi connectivity index (χ1v) is 13.6. The molecular formula is C31H32O3Se. The summed E-state index contributed by atoms with van der Waals surface area (Å²) < 4.78 is 7.73. The van der Waals surface area contributed by atoms with Crippen molar-refractivity contribution in [2.45, 2.75) is 64.9 Å². The van der Waals surface area contributed by atoms with Crippen LogP contribution in [-0.4, -0.2) is 26.0 Å². The number of hydrogen-bond donors (Lipinski definition) is 1. The third kappa shape index (κ3) is 5.81. The van der Waals surface area contributed by atoms with Crippen LogP contribution in [0.4, 0.5) is 0 Å². The predicted molar refractivity (Wildman–Crippen MR) is 143 cm³/mol. The number of fused-ring (bicyclic) bond motifs is 1. The molecule has 35 heavy (non-hydrogen) atoms. The van der Waals surface area contributed by atoms with Gasteiger partial charge in [-0.05, 0) is 0 Å². The van der Waals surface area contributed by atoms with E-state index in [4.69, 9.17) is 9.84 Å². The van der Waals surface area contributed by atoms with E-state index in [2.05, 4.69) is 81.8 Å². The van der Waals surface area contributed by atoms with Crippen molar-refractivity contribution in [2.75, 3.05) is 0 Å². The van der Waals surface area contributed by atoms with E-state index in [0.717, 1.165) is 24.2 Å². The van der Waals surface area contributed by atoms with Crippen LogP contribution in [0.5, 0.6) is 5.75 Å². The summed E-state index contributed by atoms with van der Waals surface area (Å²) in [6.07, 6.45) is 2.27. The van der Waals surface area contributed by atoms with Gasteiger partial charge < -0.3 is 0 Å². The zero-order valence-corrected chi connectivity index (χ0v) is 22.8. The second-order valence-electron chi connectivity index (χ2n) is 10.6. The number of rotatable bonds is 5. The van der Waals surface area contributed by atoms with E-state index in [-0.39, 0.29) is 31.4 Å². The molecule has 4 rings (SSSR count). The molecule has 0 radical (unpaired) electrons. The van der Waals surface area contributed by atoms with Crippen molar-refractivity contribution < 1.29 is 14.6 Å². The molecule has 0 heterocycles. The SMILES string of the molecule is Cc1cccc(COc2cc([Se]C#Cc3ccc(C(=O)O)cc3)cc3c2C(C)(C)CCC3(C)C)c1. The fraction of sp³-hybridized carbons (Fsp3) is 0.323. The first-order chi connectivity index (χ1) is 16.5. The molecule has 0 bridgehead atoms. The average Bonchev–Trinajstić information content (AvgIpc) is 2.81. The van der Waals surface area contributed by atoms with Crippen molar-refractivity contribution in [2.24, 2.45) is 0 Å². The summed E-state index contributed by atoms with van der Waals surface area (Å²) in [5.74, 6) is 3.26. The molecule has 0 saturated heterocycles. The molecule has 3 aromatic carbocycles. The Morgan fingerprint density at radius 3 is 2.40 bits per heavy atom. The Bertz CT molecular complexity index is 1310. The summed E-state index contributed by atoms with van der Waals surface area (Å²) in [7, 11) is 0. The number of hydrogen-bond acceptors (Lipinski definition) is 2. The van der Waals surface area contributed by atoms with Gasteiger partial charge in [0.2, 0.25) is 0 Å². The number of ether oxygens (including phenoxy) is 1. The number of carboxylic acids is 1. The number of carboxylic acid groups (broad SMARTS) is 1. The molecule has 3 aromatic rings. The third-order valence-corrected chi connectivity index (χ3v) is 8.25. The molecule has 0 saturated carbocycles. The zero-order valence-electron chi connectivity index (χ0n) is 21.1. The fourth-order valence-corrected chi connectivity index (χ4v) is 6.00. The summed E-state index contributed by atoms with van der Waals surface area (Å²) in [5, 5.41) is 9.09. The van der Waals surface area contributed by atoms with E-state index in [1.807, 2.05) is 0 Å². The van der Waals surface area contributed by atoms with Gasteiger partial charge in [-0.25, -0.2) is 0 Å². The topological polar surface area (TPSA) is 46.5 Å². The molecule has 3 nitrogen and oxygen atoms in total. The second kappa shape index (κ2) is 9.94. The van der Waals surface area contributed by atoms with Crippen LogP contribution in [0.15, 0.2) is 60.7 Å². The predicted octanol–water partition coefficient (Wildman–Crippen LogP) is 5.96. The Hall–Kier alpha value is -2.99. The molecule has 1 aliphatic carbocycles. The van der Waals surface area contributed by atoms with Crippen LogP contribution in [-0.2, 0) is 17.4 Å². The number of aryl methyl sites for hydroxylation is 1. The molecule has 0 aliphatic heterocycles. The first kappa shape index (κ1) is 25.1. The van der Waals surface area contributed by atoms with Gasteiger partial charge in [0.1, 0.15) is 0 Å². The molecule has 4 heteroatoms. The van der Waals surface area contributed by atoms with Crippen LogP contribution in [0.1, 0.15) is 78.7 Å². The third-order valence-electron chi connectivity index (χ3n) is 6.83. The maximum atomic E-state index is 11.1. The maximum absolute atomic E-state index is 11.1. The van der Waals surface area contributed by atoms with E-state index in [0.29, 0.717) is 6.61 Å². The van der Waals surface area contributed by atoms with Crippen molar-refractivity contribution in [3.05, 3.63) is 94.0 Å². The van der Waals surface area contributed by atoms with Crippen LogP contribution in [0.3, 0.4) is 0 Å². The van der Waals surface area contributed by atoms with Crippen LogP contribution in [0, 0.1) is 17.7 Å². The van der Waals surface area contributed by atoms with Gasteiger partial charge in [0.15, 0.2) is 0 Å². The Balaban J connectivity index is 1.66. The molecule has 0 atom stereocenters. The van der Waals surface area contributed by atoms with Crippen molar-refractivity contribution in [3.8, 4) is 16.5 Å². The van der Waals surface area contributed by atoms with Crippen molar-refractivity contribution in [3.63, 3.8) is 0 Å². The van der Waals surface area contributed by atoms with Gasteiger partial charge in [-0.1, -0.05) is 0 Å². The van der Waals surface area contributed by atoms with Gasteiger partial charge in [-0.15, -0.1) is 0 Å². The molecule has 0 amide bonds. The summed E-state index contributed by atoms with van der Waals surface area (Å²) in [5.41, 5.74) is 6.35. The number of benzene rings is 3. The molecule has 0 fully saturated rings. The van der Waals surface area contributed by atoms with Crippen LogP contribution in [0.2, 0.25) is 0 Å². The Labute approximate surface area is 215 Å². The molecule has 0 aromatic heterocycles. The summed E-state index contributed by atoms with van der Waals surface area (Å²) in [6.45, 7) is 12.0. The molecular weight excluding hydrogens is 499 g/mol. The van der Waals surface area contributed by atoms with Crippen LogP contribution >= 0.6 is 0 Å². The quantitative estimate of drug-likeness (QED) is 0.327. The van der Waals surface area contributed by atoms with E-state index in [1.54, 1.807) is 24.3 Å². The molecule has 180 valence electrons. The minimum atomic E-state index is -0.925. The van der Waals surface area contributed by atoms with E-state index in [9.17, 15) is 4.79 Å². The van der Waals surface area contributed by atoms with Gasteiger partial charge in [0.25, 0.3) is 0 Å². The van der Waals surface area contributed by atoms with Crippen molar-refractivity contribution in [1.82, 2.24) is 0 Å². The normalized spacial score (nSPS) is 15.5. The first-order valence-electron chi connectivity index (χ1n) is 11.9. The average molecular weight is 532 g/mol. The van der Waals surface area contributed by atoms with Crippen molar-refractivity contribution >= 4 is 25.4 Å². The Morgan fingerprint density at radius 1 is 1.00 bits per heavy atom. The summed E-state index contributed by atoms with van der Waals surface area (Å²) in [4.78, 5) is 14.4. The van der Waals surface area contributed by atoms with Gasteiger partial charge in [0.05, 0.1) is 0 Å². The van der Waals surface area contributed by atoms with E-state index < -0.39 is 5.97 Å². The Morgan fingerprint density at radius 2 is 1.71 bits per heavy atom. The van der Waals surface area contributed by atoms with E-state index in [1.165, 1.54) is 26.7 Å².